The average molecular weight is 286 g/mol. The minimum Gasteiger partial charge on any atom is -0.327 e. The Morgan fingerprint density at radius 3 is 2.80 bits per heavy atom. The molecule has 3 unspecified atom stereocenters. The Morgan fingerprint density at radius 1 is 1.30 bits per heavy atom. The Bertz CT molecular complexity index is 549. The first-order valence-electron chi connectivity index (χ1n) is 7.48. The van der Waals surface area contributed by atoms with Crippen LogP contribution in [0.15, 0.2) is 35.7 Å². The van der Waals surface area contributed by atoms with Crippen molar-refractivity contribution in [2.24, 2.45) is 17.6 Å². The monoisotopic (exact) mass is 286 g/mol. The Morgan fingerprint density at radius 2 is 2.10 bits per heavy atom. The fourth-order valence-corrected chi connectivity index (χ4v) is 4.03. The highest BCUT2D eigenvalue weighted by atomic mass is 32.1. The summed E-state index contributed by atoms with van der Waals surface area (Å²) in [4.78, 5) is 4.75. The fourth-order valence-electron chi connectivity index (χ4n) is 3.15. The minimum atomic E-state index is 0.273. The summed E-state index contributed by atoms with van der Waals surface area (Å²) in [5.41, 5.74) is 8.66. The van der Waals surface area contributed by atoms with E-state index in [0.717, 1.165) is 18.0 Å². The molecule has 1 aliphatic rings. The van der Waals surface area contributed by atoms with Gasteiger partial charge in [-0.25, -0.2) is 4.98 Å². The van der Waals surface area contributed by atoms with Gasteiger partial charge in [-0.05, 0) is 24.7 Å². The summed E-state index contributed by atoms with van der Waals surface area (Å²) in [5.74, 6) is 1.54. The maximum atomic E-state index is 6.39. The van der Waals surface area contributed by atoms with Crippen LogP contribution in [0.4, 0.5) is 0 Å². The summed E-state index contributed by atoms with van der Waals surface area (Å²) < 4.78 is 0. The molecule has 1 aromatic carbocycles. The summed E-state index contributed by atoms with van der Waals surface area (Å²) in [6.45, 7) is 2.34. The van der Waals surface area contributed by atoms with Crippen LogP contribution in [0.3, 0.4) is 0 Å². The van der Waals surface area contributed by atoms with E-state index in [0.29, 0.717) is 5.92 Å². The molecule has 1 heterocycles. The molecule has 2 nitrogen and oxygen atoms in total. The van der Waals surface area contributed by atoms with Crippen LogP contribution in [0.25, 0.3) is 11.3 Å². The van der Waals surface area contributed by atoms with Gasteiger partial charge in [0.2, 0.25) is 0 Å². The summed E-state index contributed by atoms with van der Waals surface area (Å²) in [6.07, 6.45) is 4.84. The Hall–Kier alpha value is -1.19. The zero-order valence-corrected chi connectivity index (χ0v) is 12.8. The maximum absolute atomic E-state index is 6.39. The van der Waals surface area contributed by atoms with Crippen molar-refractivity contribution in [3.8, 4) is 11.3 Å². The number of hydrogen-bond donors (Lipinski definition) is 1. The molecule has 3 atom stereocenters. The van der Waals surface area contributed by atoms with E-state index in [4.69, 9.17) is 10.7 Å². The largest absolute Gasteiger partial charge is 0.327 e. The van der Waals surface area contributed by atoms with Gasteiger partial charge in [0.15, 0.2) is 0 Å². The molecule has 0 spiro atoms. The van der Waals surface area contributed by atoms with Crippen LogP contribution in [0.2, 0.25) is 0 Å². The molecular formula is C17H22N2S. The fraction of sp³-hybridized carbons (Fsp3) is 0.471. The van der Waals surface area contributed by atoms with Gasteiger partial charge < -0.3 is 5.73 Å². The molecule has 1 aliphatic carbocycles. The molecule has 20 heavy (non-hydrogen) atoms. The molecule has 1 fully saturated rings. The van der Waals surface area contributed by atoms with E-state index in [9.17, 15) is 0 Å². The Labute approximate surface area is 125 Å². The highest BCUT2D eigenvalue weighted by molar-refractivity contribution is 7.09. The number of benzene rings is 1. The van der Waals surface area contributed by atoms with Crippen molar-refractivity contribution >= 4 is 11.3 Å². The Balaban J connectivity index is 1.65. The van der Waals surface area contributed by atoms with Crippen molar-refractivity contribution < 1.29 is 0 Å². The first kappa shape index (κ1) is 13.8. The van der Waals surface area contributed by atoms with Crippen molar-refractivity contribution in [3.05, 3.63) is 40.7 Å². The number of thiazole rings is 1. The summed E-state index contributed by atoms with van der Waals surface area (Å²) >= 11 is 1.74. The molecule has 0 aliphatic heterocycles. The molecule has 3 heteroatoms. The molecule has 0 amide bonds. The minimum absolute atomic E-state index is 0.273. The molecular weight excluding hydrogens is 264 g/mol. The highest BCUT2D eigenvalue weighted by Gasteiger charge is 2.27. The standard InChI is InChI=1S/C17H22N2S/c1-12-7-8-14(9-12)15(18)10-17-19-16(11-20-17)13-5-3-2-4-6-13/h2-6,11-12,14-15H,7-10,18H2,1H3. The van der Waals surface area contributed by atoms with Crippen molar-refractivity contribution in [3.63, 3.8) is 0 Å². The van der Waals surface area contributed by atoms with Gasteiger partial charge in [-0.3, -0.25) is 0 Å². The van der Waals surface area contributed by atoms with Gasteiger partial charge in [0.05, 0.1) is 10.7 Å². The van der Waals surface area contributed by atoms with Crippen LogP contribution >= 0.6 is 11.3 Å². The molecule has 0 saturated heterocycles. The molecule has 0 radical (unpaired) electrons. The third-order valence-electron chi connectivity index (χ3n) is 4.37. The van der Waals surface area contributed by atoms with Gasteiger partial charge >= 0.3 is 0 Å². The van der Waals surface area contributed by atoms with Crippen LogP contribution < -0.4 is 5.73 Å². The SMILES string of the molecule is CC1CCC(C(N)Cc2nc(-c3ccccc3)cs2)C1. The van der Waals surface area contributed by atoms with E-state index in [1.54, 1.807) is 11.3 Å². The number of hydrogen-bond acceptors (Lipinski definition) is 3. The van der Waals surface area contributed by atoms with Gasteiger partial charge in [0.25, 0.3) is 0 Å². The van der Waals surface area contributed by atoms with E-state index >= 15 is 0 Å². The molecule has 3 rings (SSSR count). The van der Waals surface area contributed by atoms with Crippen LogP contribution in [0.5, 0.6) is 0 Å². The first-order valence-corrected chi connectivity index (χ1v) is 8.35. The molecule has 2 aromatic rings. The van der Waals surface area contributed by atoms with Crippen molar-refractivity contribution in [2.45, 2.75) is 38.6 Å². The third-order valence-corrected chi connectivity index (χ3v) is 5.24. The van der Waals surface area contributed by atoms with Crippen molar-refractivity contribution in [1.82, 2.24) is 4.98 Å². The lowest BCUT2D eigenvalue weighted by Gasteiger charge is -2.17. The smallest absolute Gasteiger partial charge is 0.0948 e. The molecule has 2 N–H and O–H groups in total. The van der Waals surface area contributed by atoms with Gasteiger partial charge in [-0.2, -0.15) is 0 Å². The summed E-state index contributed by atoms with van der Waals surface area (Å²) in [7, 11) is 0. The predicted molar refractivity (Wildman–Crippen MR) is 85.7 cm³/mol. The first-order chi connectivity index (χ1) is 9.72. The quantitative estimate of drug-likeness (QED) is 0.918. The van der Waals surface area contributed by atoms with Gasteiger partial charge in [0, 0.05) is 23.4 Å². The normalized spacial score (nSPS) is 23.9. The second-order valence-corrected chi connectivity index (χ2v) is 6.98. The van der Waals surface area contributed by atoms with Gasteiger partial charge in [-0.15, -0.1) is 11.3 Å². The zero-order valence-electron chi connectivity index (χ0n) is 12.0. The topological polar surface area (TPSA) is 38.9 Å². The van der Waals surface area contributed by atoms with E-state index in [1.165, 1.54) is 29.8 Å². The van der Waals surface area contributed by atoms with Crippen LogP contribution in [0, 0.1) is 11.8 Å². The number of nitrogens with zero attached hydrogens (tertiary/aromatic N) is 1. The van der Waals surface area contributed by atoms with E-state index < -0.39 is 0 Å². The van der Waals surface area contributed by atoms with Crippen molar-refractivity contribution in [1.29, 1.82) is 0 Å². The summed E-state index contributed by atoms with van der Waals surface area (Å²) in [5, 5.41) is 3.32. The van der Waals surface area contributed by atoms with Crippen LogP contribution in [-0.2, 0) is 6.42 Å². The lowest BCUT2D eigenvalue weighted by Crippen LogP contribution is -2.30. The van der Waals surface area contributed by atoms with Gasteiger partial charge in [-0.1, -0.05) is 43.7 Å². The van der Waals surface area contributed by atoms with Crippen LogP contribution in [0.1, 0.15) is 31.2 Å². The molecule has 106 valence electrons. The summed E-state index contributed by atoms with van der Waals surface area (Å²) in [6, 6.07) is 10.6. The highest BCUT2D eigenvalue weighted by Crippen LogP contribution is 2.33. The molecule has 0 bridgehead atoms. The van der Waals surface area contributed by atoms with Crippen LogP contribution in [-0.4, -0.2) is 11.0 Å². The lowest BCUT2D eigenvalue weighted by atomic mass is 9.95. The molecule has 1 aromatic heterocycles. The third kappa shape index (κ3) is 3.10. The maximum Gasteiger partial charge on any atom is 0.0948 e. The number of aromatic nitrogens is 1. The van der Waals surface area contributed by atoms with Gasteiger partial charge in [0.1, 0.15) is 0 Å². The predicted octanol–water partition coefficient (Wildman–Crippen LogP) is 4.12. The lowest BCUT2D eigenvalue weighted by molar-refractivity contribution is 0.415. The zero-order chi connectivity index (χ0) is 13.9. The second-order valence-electron chi connectivity index (χ2n) is 6.04. The van der Waals surface area contributed by atoms with Crippen molar-refractivity contribution in [2.75, 3.05) is 0 Å². The van der Waals surface area contributed by atoms with E-state index in [1.807, 2.05) is 6.07 Å². The second kappa shape index (κ2) is 6.06. The van der Waals surface area contributed by atoms with E-state index in [2.05, 4.69) is 36.6 Å². The van der Waals surface area contributed by atoms with E-state index in [-0.39, 0.29) is 6.04 Å². The molecule has 1 saturated carbocycles. The average Bonchev–Trinajstić information content (AvgIpc) is 3.09. The Kier molecular flexibility index (Phi) is 4.18. The number of nitrogens with two attached hydrogens (primary N) is 1. The number of rotatable bonds is 4.